The van der Waals surface area contributed by atoms with Crippen LogP contribution in [0.4, 0.5) is 11.4 Å². The number of carbonyl (C=O) groups is 1. The number of ether oxygens (including phenoxy) is 2. The summed E-state index contributed by atoms with van der Waals surface area (Å²) in [6.07, 6.45) is 4.34. The highest BCUT2D eigenvalue weighted by Crippen LogP contribution is 2.37. The van der Waals surface area contributed by atoms with Gasteiger partial charge in [0.1, 0.15) is 17.5 Å². The Kier molecular flexibility index (Phi) is 7.90. The van der Waals surface area contributed by atoms with E-state index in [0.717, 1.165) is 18.7 Å². The molecule has 0 aliphatic carbocycles. The van der Waals surface area contributed by atoms with E-state index in [1.165, 1.54) is 35.4 Å². The highest BCUT2D eigenvalue weighted by atomic mass is 32.1. The smallest absolute Gasteiger partial charge is 0.271 e. The van der Waals surface area contributed by atoms with E-state index in [1.54, 1.807) is 37.8 Å². The van der Waals surface area contributed by atoms with Gasteiger partial charge in [-0.3, -0.25) is 14.2 Å². The number of nitrogens with one attached hydrogen (secondary N) is 1. The number of carbonyl (C=O) groups excluding carboxylic acids is 1. The predicted molar refractivity (Wildman–Crippen MR) is 171 cm³/mol. The van der Waals surface area contributed by atoms with Gasteiger partial charge in [-0.25, -0.2) is 4.99 Å². The second-order valence-corrected chi connectivity index (χ2v) is 11.8. The quantitative estimate of drug-likeness (QED) is 0.332. The summed E-state index contributed by atoms with van der Waals surface area (Å²) in [7, 11) is 3.15. The third-order valence-corrected chi connectivity index (χ3v) is 8.98. The zero-order chi connectivity index (χ0) is 30.1. The molecule has 9 heteroatoms. The Labute approximate surface area is 254 Å². The number of allylic oxidation sites excluding steroid dienone is 1. The minimum atomic E-state index is -0.762. The van der Waals surface area contributed by atoms with Gasteiger partial charge in [0.2, 0.25) is 0 Å². The van der Waals surface area contributed by atoms with Crippen molar-refractivity contribution >= 4 is 34.7 Å². The maximum atomic E-state index is 14.2. The third kappa shape index (κ3) is 5.48. The van der Waals surface area contributed by atoms with Gasteiger partial charge in [-0.2, -0.15) is 0 Å². The first kappa shape index (κ1) is 28.5. The first-order valence-electron chi connectivity index (χ1n) is 14.3. The van der Waals surface area contributed by atoms with Gasteiger partial charge in [-0.05, 0) is 80.3 Å². The normalized spacial score (nSPS) is 16.6. The van der Waals surface area contributed by atoms with E-state index in [2.05, 4.69) is 35.3 Å². The molecule has 1 N–H and O–H groups in total. The van der Waals surface area contributed by atoms with Crippen LogP contribution in [0.1, 0.15) is 42.5 Å². The van der Waals surface area contributed by atoms with Crippen molar-refractivity contribution in [2.75, 3.05) is 37.5 Å². The number of benzene rings is 3. The number of fused-ring (bicyclic) bond motifs is 1. The molecule has 1 atom stereocenters. The number of nitrogens with zero attached hydrogens (tertiary/aromatic N) is 3. The fourth-order valence-electron chi connectivity index (χ4n) is 5.90. The van der Waals surface area contributed by atoms with Gasteiger partial charge in [0.05, 0.1) is 30.0 Å². The Hall–Kier alpha value is -4.63. The lowest BCUT2D eigenvalue weighted by atomic mass is 9.94. The predicted octanol–water partition coefficient (Wildman–Crippen LogP) is 4.80. The highest BCUT2D eigenvalue weighted by molar-refractivity contribution is 7.07. The Morgan fingerprint density at radius 1 is 1.00 bits per heavy atom. The molecule has 0 radical (unpaired) electrons. The molecule has 0 saturated carbocycles. The summed E-state index contributed by atoms with van der Waals surface area (Å²) in [4.78, 5) is 35.7. The molecule has 0 unspecified atom stereocenters. The van der Waals surface area contributed by atoms with Gasteiger partial charge >= 0.3 is 0 Å². The minimum absolute atomic E-state index is 0.217. The van der Waals surface area contributed by atoms with E-state index in [1.807, 2.05) is 42.5 Å². The van der Waals surface area contributed by atoms with Crippen LogP contribution in [0.25, 0.3) is 6.08 Å². The number of methoxy groups -OCH3 is 2. The highest BCUT2D eigenvalue weighted by Gasteiger charge is 2.34. The van der Waals surface area contributed by atoms with Gasteiger partial charge in [0.25, 0.3) is 11.5 Å². The van der Waals surface area contributed by atoms with Gasteiger partial charge in [0, 0.05) is 36.1 Å². The van der Waals surface area contributed by atoms with Crippen LogP contribution in [0.3, 0.4) is 0 Å². The number of aryl methyl sites for hydroxylation is 1. The molecule has 0 bridgehead atoms. The number of hydrogen-bond acceptors (Lipinski definition) is 7. The zero-order valence-electron chi connectivity index (χ0n) is 24.7. The Bertz CT molecular complexity index is 1900. The maximum absolute atomic E-state index is 14.2. The van der Waals surface area contributed by atoms with Crippen molar-refractivity contribution in [2.24, 2.45) is 4.99 Å². The minimum Gasteiger partial charge on any atom is -0.497 e. The fraction of sp³-hybridized carbons (Fsp3) is 0.265. The molecule has 1 aromatic heterocycles. The van der Waals surface area contributed by atoms with Gasteiger partial charge in [0.15, 0.2) is 4.80 Å². The van der Waals surface area contributed by atoms with E-state index in [4.69, 9.17) is 14.5 Å². The third-order valence-electron chi connectivity index (χ3n) is 8.00. The SMILES string of the molecule is COc1ccc([C@H]2C(C(=O)Nc3ccccc3)=C(C)N=c3s/c(=C/c4ccc(N5CCCC5)c(C)c4)c(=O)n32)c(OC)c1. The molecule has 3 aromatic carbocycles. The molecule has 6 rings (SSSR count). The number of rotatable bonds is 7. The van der Waals surface area contributed by atoms with Gasteiger partial charge in [-0.1, -0.05) is 35.6 Å². The van der Waals surface area contributed by atoms with Crippen molar-refractivity contribution in [2.45, 2.75) is 32.7 Å². The molecule has 43 heavy (non-hydrogen) atoms. The lowest BCUT2D eigenvalue weighted by molar-refractivity contribution is -0.113. The van der Waals surface area contributed by atoms with Crippen LogP contribution < -0.4 is 34.6 Å². The Balaban J connectivity index is 1.48. The lowest BCUT2D eigenvalue weighted by Crippen LogP contribution is -2.40. The number of para-hydroxylation sites is 1. The standard InChI is InChI=1S/C34H34N4O4S/c1-21-18-23(12-15-27(21)37-16-8-9-17-37)19-29-33(40)38-31(26-14-13-25(41-3)20-28(26)42-4)30(22(2)35-34(38)43-29)32(39)36-24-10-6-5-7-11-24/h5-7,10-15,18-20,31H,8-9,16-17H2,1-4H3,(H,36,39)/b29-19+/t31-/m0/s1. The first-order valence-corrected chi connectivity index (χ1v) is 15.2. The first-order chi connectivity index (χ1) is 20.9. The van der Waals surface area contributed by atoms with Crippen LogP contribution in [0.2, 0.25) is 0 Å². The van der Waals surface area contributed by atoms with Crippen LogP contribution in [0.15, 0.2) is 87.8 Å². The van der Waals surface area contributed by atoms with Crippen LogP contribution in [-0.4, -0.2) is 37.8 Å². The van der Waals surface area contributed by atoms with Crippen molar-refractivity contribution in [1.29, 1.82) is 0 Å². The summed E-state index contributed by atoms with van der Waals surface area (Å²) in [5, 5.41) is 2.99. The van der Waals surface area contributed by atoms with Crippen molar-refractivity contribution in [1.82, 2.24) is 4.57 Å². The molecule has 4 aromatic rings. The lowest BCUT2D eigenvalue weighted by Gasteiger charge is -2.26. The summed E-state index contributed by atoms with van der Waals surface area (Å²) in [6, 6.07) is 20.2. The molecule has 1 saturated heterocycles. The molecule has 0 spiro atoms. The maximum Gasteiger partial charge on any atom is 0.271 e. The van der Waals surface area contributed by atoms with Gasteiger partial charge in [-0.15, -0.1) is 0 Å². The monoisotopic (exact) mass is 594 g/mol. The average molecular weight is 595 g/mol. The van der Waals surface area contributed by atoms with Crippen LogP contribution in [0, 0.1) is 6.92 Å². The van der Waals surface area contributed by atoms with Crippen molar-refractivity contribution in [3.05, 3.63) is 114 Å². The second kappa shape index (κ2) is 11.9. The van der Waals surface area contributed by atoms with Crippen molar-refractivity contribution in [3.8, 4) is 11.5 Å². The summed E-state index contributed by atoms with van der Waals surface area (Å²) in [5.74, 6) is 0.779. The van der Waals surface area contributed by atoms with Crippen molar-refractivity contribution < 1.29 is 14.3 Å². The molecule has 220 valence electrons. The fourth-order valence-corrected chi connectivity index (χ4v) is 6.95. The number of amides is 1. The van der Waals surface area contributed by atoms with Crippen molar-refractivity contribution in [3.63, 3.8) is 0 Å². The van der Waals surface area contributed by atoms with E-state index < -0.39 is 6.04 Å². The molecular formula is C34H34N4O4S. The van der Waals surface area contributed by atoms with Gasteiger partial charge < -0.3 is 19.7 Å². The molecular weight excluding hydrogens is 560 g/mol. The summed E-state index contributed by atoms with van der Waals surface area (Å²) in [5.41, 5.74) is 5.37. The Morgan fingerprint density at radius 2 is 1.77 bits per heavy atom. The Morgan fingerprint density at radius 3 is 2.47 bits per heavy atom. The molecule has 2 aliphatic rings. The molecule has 8 nitrogen and oxygen atoms in total. The summed E-state index contributed by atoms with van der Waals surface area (Å²) >= 11 is 1.32. The molecule has 1 fully saturated rings. The summed E-state index contributed by atoms with van der Waals surface area (Å²) < 4.78 is 13.3. The second-order valence-electron chi connectivity index (χ2n) is 10.7. The molecule has 2 aliphatic heterocycles. The van der Waals surface area contributed by atoms with E-state index >= 15 is 0 Å². The van der Waals surface area contributed by atoms with E-state index in [-0.39, 0.29) is 11.5 Å². The molecule has 3 heterocycles. The number of hydrogen-bond donors (Lipinski definition) is 1. The van der Waals surface area contributed by atoms with Crippen LogP contribution in [0.5, 0.6) is 11.5 Å². The molecule has 1 amide bonds. The zero-order valence-corrected chi connectivity index (χ0v) is 25.5. The van der Waals surface area contributed by atoms with E-state index in [0.29, 0.717) is 43.4 Å². The summed E-state index contributed by atoms with van der Waals surface area (Å²) in [6.45, 7) is 6.07. The number of anilines is 2. The number of aromatic nitrogens is 1. The largest absolute Gasteiger partial charge is 0.497 e. The van der Waals surface area contributed by atoms with E-state index in [9.17, 15) is 9.59 Å². The number of thiazole rings is 1. The van der Waals surface area contributed by atoms with Crippen LogP contribution in [-0.2, 0) is 4.79 Å². The topological polar surface area (TPSA) is 85.2 Å². The average Bonchev–Trinajstić information content (AvgIpc) is 3.65. The van der Waals surface area contributed by atoms with Crippen LogP contribution >= 0.6 is 11.3 Å².